The summed E-state index contributed by atoms with van der Waals surface area (Å²) in [6, 6.07) is 5.60. The Kier molecular flexibility index (Phi) is 3.92. The summed E-state index contributed by atoms with van der Waals surface area (Å²) in [4.78, 5) is 22.9. The van der Waals surface area contributed by atoms with Crippen molar-refractivity contribution in [1.82, 2.24) is 0 Å². The first-order chi connectivity index (χ1) is 7.93. The van der Waals surface area contributed by atoms with Gasteiger partial charge in [0.2, 0.25) is 0 Å². The van der Waals surface area contributed by atoms with Crippen LogP contribution in [0.3, 0.4) is 0 Å². The molecule has 1 aromatic carbocycles. The molecule has 0 saturated heterocycles. The minimum absolute atomic E-state index is 0.349. The van der Waals surface area contributed by atoms with Crippen LogP contribution >= 0.6 is 0 Å². The molecule has 6 heteroatoms. The standard InChI is InChI=1S/C11H14N2O4/c1-7(11(16)17)13(6-10(14)15)9-5-3-2-4-8(9)12/h2-5,7H,6,12H2,1H3,(H,14,15)(H,16,17). The zero-order valence-electron chi connectivity index (χ0n) is 9.33. The first-order valence-corrected chi connectivity index (χ1v) is 4.99. The van der Waals surface area contributed by atoms with Gasteiger partial charge < -0.3 is 20.8 Å². The van der Waals surface area contributed by atoms with E-state index in [0.717, 1.165) is 0 Å². The molecule has 0 saturated carbocycles. The van der Waals surface area contributed by atoms with E-state index in [-0.39, 0.29) is 0 Å². The van der Waals surface area contributed by atoms with Crippen molar-refractivity contribution in [3.05, 3.63) is 24.3 Å². The maximum Gasteiger partial charge on any atom is 0.326 e. The van der Waals surface area contributed by atoms with E-state index >= 15 is 0 Å². The number of nitrogens with two attached hydrogens (primary N) is 1. The van der Waals surface area contributed by atoms with Crippen molar-refractivity contribution in [2.45, 2.75) is 13.0 Å². The molecule has 0 aliphatic heterocycles. The fourth-order valence-electron chi connectivity index (χ4n) is 1.46. The average Bonchev–Trinajstić information content (AvgIpc) is 2.25. The van der Waals surface area contributed by atoms with Gasteiger partial charge in [0.15, 0.2) is 0 Å². The molecule has 1 rings (SSSR count). The fraction of sp³-hybridized carbons (Fsp3) is 0.273. The number of anilines is 2. The molecular weight excluding hydrogens is 224 g/mol. The monoisotopic (exact) mass is 238 g/mol. The number of carbonyl (C=O) groups is 2. The zero-order valence-corrected chi connectivity index (χ0v) is 9.33. The van der Waals surface area contributed by atoms with Crippen LogP contribution in [0.1, 0.15) is 6.92 Å². The highest BCUT2D eigenvalue weighted by Crippen LogP contribution is 2.24. The number of nitrogen functional groups attached to an aromatic ring is 1. The minimum Gasteiger partial charge on any atom is -0.480 e. The van der Waals surface area contributed by atoms with Crippen LogP contribution in [0.25, 0.3) is 0 Å². The van der Waals surface area contributed by atoms with E-state index in [1.807, 2.05) is 0 Å². The molecule has 0 fully saturated rings. The van der Waals surface area contributed by atoms with E-state index in [1.165, 1.54) is 11.8 Å². The lowest BCUT2D eigenvalue weighted by Gasteiger charge is -2.27. The number of hydrogen-bond donors (Lipinski definition) is 3. The van der Waals surface area contributed by atoms with Crippen molar-refractivity contribution in [2.24, 2.45) is 0 Å². The average molecular weight is 238 g/mol. The van der Waals surface area contributed by atoms with E-state index in [1.54, 1.807) is 24.3 Å². The second-order valence-electron chi connectivity index (χ2n) is 3.59. The lowest BCUT2D eigenvalue weighted by atomic mass is 10.2. The first kappa shape index (κ1) is 12.8. The Hall–Kier alpha value is -2.24. The van der Waals surface area contributed by atoms with Gasteiger partial charge in [0.25, 0.3) is 0 Å². The summed E-state index contributed by atoms with van der Waals surface area (Å²) in [7, 11) is 0. The third kappa shape index (κ3) is 3.10. The summed E-state index contributed by atoms with van der Waals surface area (Å²) in [5.74, 6) is -2.21. The third-order valence-electron chi connectivity index (χ3n) is 2.38. The van der Waals surface area contributed by atoms with Crippen LogP contribution in [-0.2, 0) is 9.59 Å². The van der Waals surface area contributed by atoms with Gasteiger partial charge in [-0.3, -0.25) is 4.79 Å². The second kappa shape index (κ2) is 5.20. The van der Waals surface area contributed by atoms with Crippen molar-refractivity contribution >= 4 is 23.3 Å². The molecule has 0 aliphatic carbocycles. The highest BCUT2D eigenvalue weighted by atomic mass is 16.4. The number of aliphatic carboxylic acids is 2. The number of para-hydroxylation sites is 2. The molecule has 6 nitrogen and oxygen atoms in total. The molecule has 0 spiro atoms. The van der Waals surface area contributed by atoms with Crippen LogP contribution in [-0.4, -0.2) is 34.7 Å². The Morgan fingerprint density at radius 1 is 1.35 bits per heavy atom. The fourth-order valence-corrected chi connectivity index (χ4v) is 1.46. The van der Waals surface area contributed by atoms with Crippen LogP contribution in [0.4, 0.5) is 11.4 Å². The molecule has 0 amide bonds. The summed E-state index contributed by atoms with van der Waals surface area (Å²) in [5.41, 5.74) is 6.46. The maximum atomic E-state index is 10.9. The Balaban J connectivity index is 3.10. The Morgan fingerprint density at radius 3 is 2.41 bits per heavy atom. The van der Waals surface area contributed by atoms with Gasteiger partial charge in [-0.1, -0.05) is 12.1 Å². The van der Waals surface area contributed by atoms with Gasteiger partial charge in [0.05, 0.1) is 11.4 Å². The maximum absolute atomic E-state index is 10.9. The summed E-state index contributed by atoms with van der Waals surface area (Å²) in [6.45, 7) is 0.999. The van der Waals surface area contributed by atoms with E-state index < -0.39 is 24.5 Å². The van der Waals surface area contributed by atoms with Crippen molar-refractivity contribution < 1.29 is 19.8 Å². The molecular formula is C11H14N2O4. The van der Waals surface area contributed by atoms with Crippen LogP contribution in [0.15, 0.2) is 24.3 Å². The van der Waals surface area contributed by atoms with Gasteiger partial charge in [0.1, 0.15) is 12.6 Å². The molecule has 1 aromatic rings. The summed E-state index contributed by atoms with van der Waals surface area (Å²) >= 11 is 0. The number of carboxylic acids is 2. The van der Waals surface area contributed by atoms with Crippen molar-refractivity contribution in [2.75, 3.05) is 17.2 Å². The van der Waals surface area contributed by atoms with E-state index in [0.29, 0.717) is 11.4 Å². The van der Waals surface area contributed by atoms with E-state index in [2.05, 4.69) is 0 Å². The number of carboxylic acid groups (broad SMARTS) is 2. The summed E-state index contributed by atoms with van der Waals surface area (Å²) < 4.78 is 0. The van der Waals surface area contributed by atoms with Crippen LogP contribution in [0.5, 0.6) is 0 Å². The van der Waals surface area contributed by atoms with Gasteiger partial charge in [-0.2, -0.15) is 0 Å². The van der Waals surface area contributed by atoms with Crippen LogP contribution in [0, 0.1) is 0 Å². The van der Waals surface area contributed by atoms with Gasteiger partial charge in [-0.25, -0.2) is 4.79 Å². The molecule has 1 atom stereocenters. The third-order valence-corrected chi connectivity index (χ3v) is 2.38. The lowest BCUT2D eigenvalue weighted by Crippen LogP contribution is -2.42. The summed E-state index contributed by atoms with van der Waals surface area (Å²) in [5, 5.41) is 17.7. The van der Waals surface area contributed by atoms with Gasteiger partial charge in [-0.05, 0) is 19.1 Å². The number of nitrogens with zero attached hydrogens (tertiary/aromatic N) is 1. The molecule has 0 radical (unpaired) electrons. The van der Waals surface area contributed by atoms with Crippen LogP contribution in [0.2, 0.25) is 0 Å². The first-order valence-electron chi connectivity index (χ1n) is 4.99. The Morgan fingerprint density at radius 2 is 1.94 bits per heavy atom. The topological polar surface area (TPSA) is 104 Å². The molecule has 92 valence electrons. The van der Waals surface area contributed by atoms with Gasteiger partial charge in [0, 0.05) is 0 Å². The molecule has 0 heterocycles. The zero-order chi connectivity index (χ0) is 13.0. The van der Waals surface area contributed by atoms with Crippen molar-refractivity contribution in [3.8, 4) is 0 Å². The molecule has 17 heavy (non-hydrogen) atoms. The normalized spacial score (nSPS) is 11.8. The van der Waals surface area contributed by atoms with Crippen molar-refractivity contribution in [3.63, 3.8) is 0 Å². The summed E-state index contributed by atoms with van der Waals surface area (Å²) in [6.07, 6.45) is 0. The Bertz CT molecular complexity index is 433. The molecule has 1 unspecified atom stereocenters. The highest BCUT2D eigenvalue weighted by molar-refractivity contribution is 5.84. The predicted molar refractivity (Wildman–Crippen MR) is 62.9 cm³/mol. The lowest BCUT2D eigenvalue weighted by molar-refractivity contribution is -0.138. The number of hydrogen-bond acceptors (Lipinski definition) is 4. The molecule has 0 aromatic heterocycles. The largest absolute Gasteiger partial charge is 0.480 e. The van der Waals surface area contributed by atoms with Crippen LogP contribution < -0.4 is 10.6 Å². The van der Waals surface area contributed by atoms with E-state index in [4.69, 9.17) is 15.9 Å². The quantitative estimate of drug-likeness (QED) is 0.650. The predicted octanol–water partition coefficient (Wildman–Crippen LogP) is 0.633. The van der Waals surface area contributed by atoms with Gasteiger partial charge >= 0.3 is 11.9 Å². The number of rotatable bonds is 5. The SMILES string of the molecule is CC(C(=O)O)N(CC(=O)O)c1ccccc1N. The minimum atomic E-state index is -1.11. The smallest absolute Gasteiger partial charge is 0.326 e. The highest BCUT2D eigenvalue weighted by Gasteiger charge is 2.24. The van der Waals surface area contributed by atoms with E-state index in [9.17, 15) is 9.59 Å². The van der Waals surface area contributed by atoms with Crippen molar-refractivity contribution in [1.29, 1.82) is 0 Å². The second-order valence-corrected chi connectivity index (χ2v) is 3.59. The van der Waals surface area contributed by atoms with Gasteiger partial charge in [-0.15, -0.1) is 0 Å². The Labute approximate surface area is 98.3 Å². The molecule has 0 aliphatic rings. The number of benzene rings is 1. The molecule has 4 N–H and O–H groups in total. The molecule has 0 bridgehead atoms.